The van der Waals surface area contributed by atoms with Crippen molar-refractivity contribution in [3.8, 4) is 5.75 Å². The van der Waals surface area contributed by atoms with Gasteiger partial charge in [-0.05, 0) is 55.4 Å². The predicted molar refractivity (Wildman–Crippen MR) is 97.7 cm³/mol. The average Bonchev–Trinajstić information content (AvgIpc) is 3.37. The number of rotatable bonds is 4. The summed E-state index contributed by atoms with van der Waals surface area (Å²) in [6.45, 7) is 2.49. The monoisotopic (exact) mass is 350 g/mol. The van der Waals surface area contributed by atoms with Crippen molar-refractivity contribution in [3.05, 3.63) is 41.6 Å². The zero-order chi connectivity index (χ0) is 18.0. The quantitative estimate of drug-likeness (QED) is 0.681. The van der Waals surface area contributed by atoms with E-state index in [-0.39, 0.29) is 35.5 Å². The number of nitrogens with zero attached hydrogens (tertiary/aromatic N) is 1. The van der Waals surface area contributed by atoms with Crippen molar-refractivity contribution in [2.24, 2.45) is 23.7 Å². The largest absolute Gasteiger partial charge is 0.497 e. The minimum atomic E-state index is -0.110. The highest BCUT2D eigenvalue weighted by Crippen LogP contribution is 2.52. The van der Waals surface area contributed by atoms with Crippen LogP contribution in [0.4, 0.5) is 0 Å². The summed E-state index contributed by atoms with van der Waals surface area (Å²) >= 11 is 0. The number of amides is 2. The first-order valence-corrected chi connectivity index (χ1v) is 9.27. The van der Waals surface area contributed by atoms with E-state index in [9.17, 15) is 9.59 Å². The van der Waals surface area contributed by atoms with E-state index in [0.717, 1.165) is 34.3 Å². The molecule has 1 saturated carbocycles. The zero-order valence-corrected chi connectivity index (χ0v) is 15.0. The molecule has 2 bridgehead atoms. The molecule has 1 saturated heterocycles. The van der Waals surface area contributed by atoms with Gasteiger partial charge in [-0.25, -0.2) is 0 Å². The number of methoxy groups -OCH3 is 1. The second kappa shape index (κ2) is 5.47. The lowest BCUT2D eigenvalue weighted by Gasteiger charge is -2.17. The minimum absolute atomic E-state index is 0.0342. The molecule has 2 amide bonds. The molecule has 0 radical (unpaired) electrons. The summed E-state index contributed by atoms with van der Waals surface area (Å²) in [5.74, 6) is 1.20. The van der Waals surface area contributed by atoms with Gasteiger partial charge in [-0.2, -0.15) is 0 Å². The van der Waals surface area contributed by atoms with Crippen LogP contribution in [0.5, 0.6) is 5.75 Å². The summed E-state index contributed by atoms with van der Waals surface area (Å²) < 4.78 is 5.34. The van der Waals surface area contributed by atoms with Gasteiger partial charge in [0.2, 0.25) is 11.8 Å². The highest BCUT2D eigenvalue weighted by atomic mass is 16.5. The minimum Gasteiger partial charge on any atom is -0.497 e. The fraction of sp³-hybridized carbons (Fsp3) is 0.429. The van der Waals surface area contributed by atoms with Crippen molar-refractivity contribution in [1.82, 2.24) is 9.88 Å². The van der Waals surface area contributed by atoms with E-state index < -0.39 is 0 Å². The van der Waals surface area contributed by atoms with Gasteiger partial charge in [0.15, 0.2) is 0 Å². The predicted octanol–water partition coefficient (Wildman–Crippen LogP) is 2.83. The molecule has 0 unspecified atom stereocenters. The van der Waals surface area contributed by atoms with Crippen molar-refractivity contribution in [2.45, 2.75) is 19.8 Å². The van der Waals surface area contributed by atoms with Crippen molar-refractivity contribution in [2.75, 3.05) is 13.7 Å². The van der Waals surface area contributed by atoms with E-state index in [1.807, 2.05) is 25.1 Å². The Morgan fingerprint density at radius 3 is 2.50 bits per heavy atom. The molecule has 1 aliphatic heterocycles. The Bertz CT molecular complexity index is 928. The Morgan fingerprint density at radius 2 is 1.85 bits per heavy atom. The number of carbonyl (C=O) groups is 2. The van der Waals surface area contributed by atoms with Gasteiger partial charge in [-0.15, -0.1) is 0 Å². The van der Waals surface area contributed by atoms with Crippen LogP contribution in [0, 0.1) is 30.6 Å². The number of imide groups is 1. The molecule has 1 aromatic heterocycles. The first-order chi connectivity index (χ1) is 12.6. The number of likely N-dealkylation sites (tertiary alicyclic amines) is 1. The molecule has 5 nitrogen and oxygen atoms in total. The number of aromatic nitrogens is 1. The van der Waals surface area contributed by atoms with Gasteiger partial charge in [-0.1, -0.05) is 12.2 Å². The SMILES string of the molecule is COc1ccc2[nH]c(C)c(CCN3C(=O)[C@@H]4[C@H](C3=O)[C@H]3C=C[C@@H]4C3)c2c1. The average molecular weight is 350 g/mol. The molecule has 2 fully saturated rings. The van der Waals surface area contributed by atoms with Gasteiger partial charge in [0.25, 0.3) is 0 Å². The van der Waals surface area contributed by atoms with Gasteiger partial charge >= 0.3 is 0 Å². The molecule has 5 heteroatoms. The van der Waals surface area contributed by atoms with Gasteiger partial charge in [-0.3, -0.25) is 14.5 Å². The number of H-pyrrole nitrogens is 1. The van der Waals surface area contributed by atoms with Crippen LogP contribution in [-0.2, 0) is 16.0 Å². The third kappa shape index (κ3) is 2.03. The van der Waals surface area contributed by atoms with E-state index in [1.54, 1.807) is 7.11 Å². The van der Waals surface area contributed by atoms with E-state index in [4.69, 9.17) is 4.74 Å². The number of hydrogen-bond acceptors (Lipinski definition) is 3. The summed E-state index contributed by atoms with van der Waals surface area (Å²) in [7, 11) is 1.66. The molecule has 1 N–H and O–H groups in total. The number of aryl methyl sites for hydroxylation is 1. The number of hydrogen-bond donors (Lipinski definition) is 1. The lowest BCUT2D eigenvalue weighted by molar-refractivity contribution is -0.140. The van der Waals surface area contributed by atoms with Crippen LogP contribution in [-0.4, -0.2) is 35.4 Å². The Labute approximate surface area is 152 Å². The van der Waals surface area contributed by atoms with Crippen LogP contribution in [0.25, 0.3) is 10.9 Å². The summed E-state index contributed by atoms with van der Waals surface area (Å²) in [5, 5.41) is 1.10. The molecule has 26 heavy (non-hydrogen) atoms. The third-order valence-corrected chi connectivity index (χ3v) is 6.47. The maximum absolute atomic E-state index is 12.8. The molecule has 1 aromatic carbocycles. The lowest BCUT2D eigenvalue weighted by atomic mass is 9.85. The number of benzene rings is 1. The molecule has 5 rings (SSSR count). The molecule has 2 aromatic rings. The van der Waals surface area contributed by atoms with Crippen molar-refractivity contribution in [3.63, 3.8) is 0 Å². The van der Waals surface area contributed by atoms with Crippen LogP contribution < -0.4 is 4.74 Å². The van der Waals surface area contributed by atoms with Crippen LogP contribution >= 0.6 is 0 Å². The second-order valence-corrected chi connectivity index (χ2v) is 7.72. The lowest BCUT2D eigenvalue weighted by Crippen LogP contribution is -2.34. The van der Waals surface area contributed by atoms with Gasteiger partial charge in [0.05, 0.1) is 18.9 Å². The highest BCUT2D eigenvalue weighted by molar-refractivity contribution is 6.06. The first kappa shape index (κ1) is 15.7. The first-order valence-electron chi connectivity index (χ1n) is 9.27. The van der Waals surface area contributed by atoms with Crippen LogP contribution in [0.2, 0.25) is 0 Å². The van der Waals surface area contributed by atoms with Crippen molar-refractivity contribution in [1.29, 1.82) is 0 Å². The Kier molecular flexibility index (Phi) is 3.30. The van der Waals surface area contributed by atoms with E-state index in [0.29, 0.717) is 13.0 Å². The molecule has 3 aliphatic rings. The van der Waals surface area contributed by atoms with Gasteiger partial charge in [0, 0.05) is 23.1 Å². The van der Waals surface area contributed by atoms with E-state index in [1.165, 1.54) is 4.90 Å². The molecule has 4 atom stereocenters. The molecule has 134 valence electrons. The number of fused-ring (bicyclic) bond motifs is 6. The number of ether oxygens (including phenoxy) is 1. The van der Waals surface area contributed by atoms with Crippen molar-refractivity contribution < 1.29 is 14.3 Å². The molecule has 2 aliphatic carbocycles. The molecular weight excluding hydrogens is 328 g/mol. The smallest absolute Gasteiger partial charge is 0.233 e. The Hall–Kier alpha value is -2.56. The third-order valence-electron chi connectivity index (χ3n) is 6.47. The van der Waals surface area contributed by atoms with Crippen molar-refractivity contribution >= 4 is 22.7 Å². The maximum atomic E-state index is 12.8. The van der Waals surface area contributed by atoms with Crippen LogP contribution in [0.15, 0.2) is 30.4 Å². The summed E-state index contributed by atoms with van der Waals surface area (Å²) in [6, 6.07) is 5.95. The fourth-order valence-corrected chi connectivity index (χ4v) is 5.22. The van der Waals surface area contributed by atoms with E-state index in [2.05, 4.69) is 17.1 Å². The van der Waals surface area contributed by atoms with Crippen LogP contribution in [0.1, 0.15) is 17.7 Å². The topological polar surface area (TPSA) is 62.4 Å². The van der Waals surface area contributed by atoms with Gasteiger partial charge < -0.3 is 9.72 Å². The Balaban J connectivity index is 1.40. The zero-order valence-electron chi connectivity index (χ0n) is 15.0. The van der Waals surface area contributed by atoms with Gasteiger partial charge in [0.1, 0.15) is 5.75 Å². The van der Waals surface area contributed by atoms with E-state index >= 15 is 0 Å². The molecule has 2 heterocycles. The van der Waals surface area contributed by atoms with Crippen LogP contribution in [0.3, 0.4) is 0 Å². The summed E-state index contributed by atoms with van der Waals surface area (Å²) in [4.78, 5) is 30.6. The summed E-state index contributed by atoms with van der Waals surface area (Å²) in [6.07, 6.45) is 5.91. The highest BCUT2D eigenvalue weighted by Gasteiger charge is 2.58. The number of aromatic amines is 1. The Morgan fingerprint density at radius 1 is 1.15 bits per heavy atom. The number of allylic oxidation sites excluding steroid dienone is 2. The molecule has 0 spiro atoms. The number of nitrogens with one attached hydrogen (secondary N) is 1. The molecular formula is C21H22N2O3. The normalized spacial score (nSPS) is 29.2. The maximum Gasteiger partial charge on any atom is 0.233 e. The standard InChI is InChI=1S/C21H22N2O3/c1-11-15(16-10-14(26-2)5-6-17(16)22-11)7-8-23-20(24)18-12-3-4-13(9-12)19(18)21(23)25/h3-6,10,12-13,18-19,22H,7-9H2,1-2H3/t12-,13+,18+,19-. The second-order valence-electron chi connectivity index (χ2n) is 7.72. The fourth-order valence-electron chi connectivity index (χ4n) is 5.22. The summed E-state index contributed by atoms with van der Waals surface area (Å²) in [5.41, 5.74) is 3.28. The number of carbonyl (C=O) groups excluding carboxylic acids is 2.